The lowest BCUT2D eigenvalue weighted by Crippen LogP contribution is -2.45. The van der Waals surface area contributed by atoms with Crippen LogP contribution in [0.3, 0.4) is 0 Å². The molecule has 2 aromatic rings. The van der Waals surface area contributed by atoms with Gasteiger partial charge in [0.2, 0.25) is 0 Å². The largest absolute Gasteiger partial charge is 0.337 e. The molecule has 3 rings (SSSR count). The van der Waals surface area contributed by atoms with Gasteiger partial charge in [-0.15, -0.1) is 0 Å². The summed E-state index contributed by atoms with van der Waals surface area (Å²) in [6.07, 6.45) is 3.88. The Hall–Kier alpha value is -1.66. The average molecular weight is 316 g/mol. The number of nitrogens with zero attached hydrogens (tertiary/aromatic N) is 5. The Morgan fingerprint density at radius 2 is 1.74 bits per heavy atom. The summed E-state index contributed by atoms with van der Waals surface area (Å²) in [6, 6.07) is 2.21. The quantitative estimate of drug-likeness (QED) is 0.934. The number of hydrogen-bond donors (Lipinski definition) is 1. The molecule has 2 aromatic heterocycles. The summed E-state index contributed by atoms with van der Waals surface area (Å²) in [6.45, 7) is 12.9. The minimum atomic E-state index is 0.107. The van der Waals surface area contributed by atoms with Gasteiger partial charge in [0.05, 0.1) is 12.2 Å². The highest BCUT2D eigenvalue weighted by atomic mass is 15.3. The molecule has 6 heteroatoms. The minimum absolute atomic E-state index is 0.107. The molecule has 1 aliphatic rings. The summed E-state index contributed by atoms with van der Waals surface area (Å²) in [5.41, 5.74) is 2.46. The Kier molecular flexibility index (Phi) is 4.55. The summed E-state index contributed by atoms with van der Waals surface area (Å²) in [5, 5.41) is 7.65. The maximum absolute atomic E-state index is 4.45. The van der Waals surface area contributed by atoms with Crippen LogP contribution in [0.15, 0.2) is 18.5 Å². The topological polar surface area (TPSA) is 53.0 Å². The SMILES string of the molecule is Cn1ccnc1CN1CCN(Cc2cc(C(C)(C)C)n[nH]2)CC1. The number of nitrogens with one attached hydrogen (secondary N) is 1. The van der Waals surface area contributed by atoms with Crippen LogP contribution in [-0.2, 0) is 25.6 Å². The van der Waals surface area contributed by atoms with E-state index < -0.39 is 0 Å². The highest BCUT2D eigenvalue weighted by Crippen LogP contribution is 2.21. The summed E-state index contributed by atoms with van der Waals surface area (Å²) >= 11 is 0. The predicted molar refractivity (Wildman–Crippen MR) is 91.0 cm³/mol. The third-order valence-corrected chi connectivity index (χ3v) is 4.54. The maximum atomic E-state index is 4.45. The van der Waals surface area contributed by atoms with Crippen LogP contribution in [0.2, 0.25) is 0 Å². The van der Waals surface area contributed by atoms with Gasteiger partial charge in [0.1, 0.15) is 5.82 Å². The molecule has 0 aromatic carbocycles. The highest BCUT2D eigenvalue weighted by molar-refractivity contribution is 5.16. The van der Waals surface area contributed by atoms with Crippen LogP contribution < -0.4 is 0 Å². The molecule has 1 saturated heterocycles. The molecule has 0 bridgehead atoms. The first kappa shape index (κ1) is 16.2. The number of piperazine rings is 1. The van der Waals surface area contributed by atoms with Crippen LogP contribution in [-0.4, -0.2) is 55.7 Å². The van der Waals surface area contributed by atoms with Crippen LogP contribution in [0.5, 0.6) is 0 Å². The van der Waals surface area contributed by atoms with Crippen LogP contribution >= 0.6 is 0 Å². The Balaban J connectivity index is 1.49. The highest BCUT2D eigenvalue weighted by Gasteiger charge is 2.21. The molecule has 0 saturated carbocycles. The van der Waals surface area contributed by atoms with Crippen molar-refractivity contribution in [2.45, 2.75) is 39.3 Å². The van der Waals surface area contributed by atoms with Crippen molar-refractivity contribution in [3.63, 3.8) is 0 Å². The third-order valence-electron chi connectivity index (χ3n) is 4.54. The van der Waals surface area contributed by atoms with Gasteiger partial charge in [0.15, 0.2) is 0 Å². The predicted octanol–water partition coefficient (Wildman–Crippen LogP) is 1.76. The first-order valence-corrected chi connectivity index (χ1v) is 8.37. The van der Waals surface area contributed by atoms with E-state index in [4.69, 9.17) is 0 Å². The maximum Gasteiger partial charge on any atom is 0.122 e. The molecule has 0 radical (unpaired) electrons. The molecular formula is C17H28N6. The molecule has 1 aliphatic heterocycles. The van der Waals surface area contributed by atoms with Crippen molar-refractivity contribution in [2.24, 2.45) is 7.05 Å². The Bertz CT molecular complexity index is 628. The molecule has 1 N–H and O–H groups in total. The fourth-order valence-electron chi connectivity index (χ4n) is 2.92. The molecule has 0 atom stereocenters. The number of rotatable bonds is 4. The van der Waals surface area contributed by atoms with Crippen molar-refractivity contribution < 1.29 is 0 Å². The number of imidazole rings is 1. The van der Waals surface area contributed by atoms with E-state index in [2.05, 4.69) is 63.4 Å². The van der Waals surface area contributed by atoms with Gasteiger partial charge in [-0.2, -0.15) is 5.10 Å². The number of aryl methyl sites for hydroxylation is 1. The molecule has 6 nitrogen and oxygen atoms in total. The standard InChI is InChI=1S/C17H28N6/c1-17(2,3)15-11-14(19-20-15)12-22-7-9-23(10-8-22)13-16-18-5-6-21(16)4/h5-6,11H,7-10,12-13H2,1-4H3,(H,19,20). The molecule has 0 amide bonds. The van der Waals surface area contributed by atoms with Crippen molar-refractivity contribution in [3.8, 4) is 0 Å². The zero-order valence-electron chi connectivity index (χ0n) is 14.7. The monoisotopic (exact) mass is 316 g/mol. The molecule has 0 spiro atoms. The van der Waals surface area contributed by atoms with Crippen LogP contribution in [0.25, 0.3) is 0 Å². The molecule has 0 aliphatic carbocycles. The fourth-order valence-corrected chi connectivity index (χ4v) is 2.92. The fraction of sp³-hybridized carbons (Fsp3) is 0.647. The van der Waals surface area contributed by atoms with Gasteiger partial charge in [-0.3, -0.25) is 14.9 Å². The smallest absolute Gasteiger partial charge is 0.122 e. The lowest BCUT2D eigenvalue weighted by molar-refractivity contribution is 0.118. The van der Waals surface area contributed by atoms with E-state index in [-0.39, 0.29) is 5.41 Å². The van der Waals surface area contributed by atoms with E-state index in [0.717, 1.165) is 50.8 Å². The second-order valence-corrected chi connectivity index (χ2v) is 7.54. The molecule has 0 unspecified atom stereocenters. The van der Waals surface area contributed by atoms with Crippen molar-refractivity contribution in [2.75, 3.05) is 26.2 Å². The lowest BCUT2D eigenvalue weighted by Gasteiger charge is -2.34. The van der Waals surface area contributed by atoms with Crippen molar-refractivity contribution in [1.29, 1.82) is 0 Å². The van der Waals surface area contributed by atoms with E-state index in [1.807, 2.05) is 12.4 Å². The summed E-state index contributed by atoms with van der Waals surface area (Å²) in [5.74, 6) is 1.14. The normalized spacial score (nSPS) is 17.7. The van der Waals surface area contributed by atoms with Gasteiger partial charge in [-0.1, -0.05) is 20.8 Å². The average Bonchev–Trinajstić information content (AvgIpc) is 3.11. The number of aromatic amines is 1. The third kappa shape index (κ3) is 4.00. The van der Waals surface area contributed by atoms with Crippen LogP contribution in [0.1, 0.15) is 38.0 Å². The summed E-state index contributed by atoms with van der Waals surface area (Å²) in [7, 11) is 2.06. The lowest BCUT2D eigenvalue weighted by atomic mass is 9.92. The molecular weight excluding hydrogens is 288 g/mol. The van der Waals surface area contributed by atoms with Crippen molar-refractivity contribution >= 4 is 0 Å². The zero-order valence-corrected chi connectivity index (χ0v) is 14.7. The first-order valence-electron chi connectivity index (χ1n) is 8.37. The van der Waals surface area contributed by atoms with Gasteiger partial charge in [0.25, 0.3) is 0 Å². The number of H-pyrrole nitrogens is 1. The summed E-state index contributed by atoms with van der Waals surface area (Å²) in [4.78, 5) is 9.39. The van der Waals surface area contributed by atoms with Gasteiger partial charge in [-0.05, 0) is 6.07 Å². The Morgan fingerprint density at radius 1 is 1.09 bits per heavy atom. The van der Waals surface area contributed by atoms with E-state index in [1.165, 1.54) is 5.69 Å². The van der Waals surface area contributed by atoms with Gasteiger partial charge >= 0.3 is 0 Å². The van der Waals surface area contributed by atoms with Crippen molar-refractivity contribution in [1.82, 2.24) is 29.5 Å². The van der Waals surface area contributed by atoms with Crippen LogP contribution in [0, 0.1) is 0 Å². The van der Waals surface area contributed by atoms with E-state index in [9.17, 15) is 0 Å². The number of aromatic nitrogens is 4. The molecule has 126 valence electrons. The van der Waals surface area contributed by atoms with Gasteiger partial charge in [0, 0.05) is 63.3 Å². The zero-order chi connectivity index (χ0) is 16.4. The second kappa shape index (κ2) is 6.45. The van der Waals surface area contributed by atoms with E-state index >= 15 is 0 Å². The number of hydrogen-bond acceptors (Lipinski definition) is 4. The van der Waals surface area contributed by atoms with Crippen LogP contribution in [0.4, 0.5) is 0 Å². The van der Waals surface area contributed by atoms with Gasteiger partial charge < -0.3 is 4.57 Å². The second-order valence-electron chi connectivity index (χ2n) is 7.54. The molecule has 1 fully saturated rings. The minimum Gasteiger partial charge on any atom is -0.337 e. The van der Waals surface area contributed by atoms with Gasteiger partial charge in [-0.25, -0.2) is 4.98 Å². The van der Waals surface area contributed by atoms with E-state index in [1.54, 1.807) is 0 Å². The van der Waals surface area contributed by atoms with E-state index in [0.29, 0.717) is 0 Å². The summed E-state index contributed by atoms with van der Waals surface area (Å²) < 4.78 is 2.10. The molecule has 23 heavy (non-hydrogen) atoms. The molecule has 3 heterocycles. The Labute approximate surface area is 138 Å². The van der Waals surface area contributed by atoms with Crippen molar-refractivity contribution in [3.05, 3.63) is 35.7 Å². The first-order chi connectivity index (χ1) is 10.9. The Morgan fingerprint density at radius 3 is 2.26 bits per heavy atom.